The van der Waals surface area contributed by atoms with Crippen LogP contribution < -0.4 is 5.32 Å². The maximum absolute atomic E-state index is 12.3. The Bertz CT molecular complexity index is 420. The van der Waals surface area contributed by atoms with Gasteiger partial charge in [0.2, 0.25) is 5.91 Å². The Morgan fingerprint density at radius 1 is 1.35 bits per heavy atom. The summed E-state index contributed by atoms with van der Waals surface area (Å²) in [6, 6.07) is 2.19. The highest BCUT2D eigenvalue weighted by molar-refractivity contribution is 7.07. The van der Waals surface area contributed by atoms with Gasteiger partial charge < -0.3 is 10.2 Å². The maximum atomic E-state index is 12.3. The Kier molecular flexibility index (Phi) is 4.70. The molecule has 0 radical (unpaired) electrons. The number of nitrogens with one attached hydrogen (secondary N) is 1. The molecule has 2 aliphatic rings. The van der Waals surface area contributed by atoms with Crippen LogP contribution in [0.15, 0.2) is 16.8 Å². The number of rotatable bonds is 4. The van der Waals surface area contributed by atoms with Crippen LogP contribution in [0.4, 0.5) is 0 Å². The Balaban J connectivity index is 1.42. The Morgan fingerprint density at radius 3 is 2.85 bits per heavy atom. The molecule has 2 saturated heterocycles. The van der Waals surface area contributed by atoms with Gasteiger partial charge in [0.15, 0.2) is 0 Å². The number of carbonyl (C=O) groups is 1. The van der Waals surface area contributed by atoms with Crippen molar-refractivity contribution >= 4 is 17.2 Å². The van der Waals surface area contributed by atoms with Crippen molar-refractivity contribution in [2.24, 2.45) is 5.92 Å². The van der Waals surface area contributed by atoms with Gasteiger partial charge in [0.05, 0.1) is 0 Å². The molecule has 0 saturated carbocycles. The number of piperazine rings is 1. The maximum Gasteiger partial charge on any atom is 0.222 e. The molecule has 1 amide bonds. The van der Waals surface area contributed by atoms with Gasteiger partial charge in [0.1, 0.15) is 0 Å². The first-order chi connectivity index (χ1) is 9.81. The molecule has 20 heavy (non-hydrogen) atoms. The van der Waals surface area contributed by atoms with Crippen molar-refractivity contribution in [3.8, 4) is 0 Å². The number of carbonyl (C=O) groups excluding carboxylic acids is 1. The van der Waals surface area contributed by atoms with Gasteiger partial charge in [0, 0.05) is 39.1 Å². The fraction of sp³-hybridized carbons (Fsp3) is 0.667. The highest BCUT2D eigenvalue weighted by Crippen LogP contribution is 2.16. The fourth-order valence-corrected chi connectivity index (χ4v) is 3.72. The molecular weight excluding hydrogens is 270 g/mol. The Labute approximate surface area is 124 Å². The van der Waals surface area contributed by atoms with Crippen molar-refractivity contribution in [2.75, 3.05) is 39.3 Å². The van der Waals surface area contributed by atoms with E-state index in [1.54, 1.807) is 11.3 Å². The second-order valence-electron chi connectivity index (χ2n) is 5.85. The smallest absolute Gasteiger partial charge is 0.222 e. The summed E-state index contributed by atoms with van der Waals surface area (Å²) in [5.41, 5.74) is 1.40. The topological polar surface area (TPSA) is 35.6 Å². The molecule has 0 aliphatic carbocycles. The quantitative estimate of drug-likeness (QED) is 0.911. The molecule has 1 atom stereocenters. The minimum atomic E-state index is 0.355. The average molecular weight is 293 g/mol. The normalized spacial score (nSPS) is 24.2. The molecule has 110 valence electrons. The molecule has 3 rings (SSSR count). The lowest BCUT2D eigenvalue weighted by Gasteiger charge is -2.35. The highest BCUT2D eigenvalue weighted by atomic mass is 32.1. The van der Waals surface area contributed by atoms with E-state index in [-0.39, 0.29) is 0 Å². The Morgan fingerprint density at radius 2 is 2.20 bits per heavy atom. The summed E-state index contributed by atoms with van der Waals surface area (Å²) >= 11 is 1.75. The summed E-state index contributed by atoms with van der Waals surface area (Å²) < 4.78 is 0. The van der Waals surface area contributed by atoms with Gasteiger partial charge >= 0.3 is 0 Å². The van der Waals surface area contributed by atoms with E-state index in [2.05, 4.69) is 31.9 Å². The molecule has 1 aromatic heterocycles. The van der Waals surface area contributed by atoms with E-state index in [0.29, 0.717) is 11.8 Å². The number of thiophene rings is 1. The summed E-state index contributed by atoms with van der Waals surface area (Å²) in [6.45, 7) is 6.91. The zero-order valence-corrected chi connectivity index (χ0v) is 12.7. The minimum absolute atomic E-state index is 0.355. The van der Waals surface area contributed by atoms with Crippen molar-refractivity contribution in [3.05, 3.63) is 22.4 Å². The molecular formula is C15H23N3OS. The second kappa shape index (κ2) is 6.70. The van der Waals surface area contributed by atoms with E-state index in [1.807, 2.05) is 0 Å². The molecule has 5 heteroatoms. The lowest BCUT2D eigenvalue weighted by Crippen LogP contribution is -2.48. The molecule has 1 N–H and O–H groups in total. The van der Waals surface area contributed by atoms with Crippen molar-refractivity contribution in [3.63, 3.8) is 0 Å². The summed E-state index contributed by atoms with van der Waals surface area (Å²) in [6.07, 6.45) is 1.89. The predicted octanol–water partition coefficient (Wildman–Crippen LogP) is 1.39. The van der Waals surface area contributed by atoms with E-state index < -0.39 is 0 Å². The molecule has 2 aliphatic heterocycles. The van der Waals surface area contributed by atoms with Crippen LogP contribution in [0.3, 0.4) is 0 Å². The number of hydrogen-bond donors (Lipinski definition) is 1. The summed E-state index contributed by atoms with van der Waals surface area (Å²) in [7, 11) is 0. The van der Waals surface area contributed by atoms with Crippen LogP contribution in [-0.2, 0) is 11.3 Å². The molecule has 3 heterocycles. The van der Waals surface area contributed by atoms with Gasteiger partial charge in [0.25, 0.3) is 0 Å². The van der Waals surface area contributed by atoms with E-state index >= 15 is 0 Å². The van der Waals surface area contributed by atoms with Gasteiger partial charge in [-0.2, -0.15) is 11.3 Å². The van der Waals surface area contributed by atoms with Crippen LogP contribution in [-0.4, -0.2) is 55.0 Å². The van der Waals surface area contributed by atoms with Gasteiger partial charge in [-0.1, -0.05) is 0 Å². The lowest BCUT2D eigenvalue weighted by molar-refractivity contribution is -0.133. The minimum Gasteiger partial charge on any atom is -0.340 e. The lowest BCUT2D eigenvalue weighted by atomic mass is 10.0. The Hall–Kier alpha value is -0.910. The van der Waals surface area contributed by atoms with E-state index in [1.165, 1.54) is 5.56 Å². The average Bonchev–Trinajstić information content (AvgIpc) is 3.13. The zero-order chi connectivity index (χ0) is 13.8. The molecule has 0 bridgehead atoms. The SMILES string of the molecule is O=C(CC1CCNC1)N1CCN(Cc2ccsc2)CC1. The molecule has 1 aromatic rings. The van der Waals surface area contributed by atoms with Gasteiger partial charge in [-0.25, -0.2) is 0 Å². The second-order valence-corrected chi connectivity index (χ2v) is 6.63. The molecule has 4 nitrogen and oxygen atoms in total. The fourth-order valence-electron chi connectivity index (χ4n) is 3.06. The standard InChI is InChI=1S/C15H23N3OS/c19-15(9-13-1-3-16-10-13)18-6-4-17(5-7-18)11-14-2-8-20-12-14/h2,8,12-13,16H,1,3-7,9-11H2. The first-order valence-corrected chi connectivity index (χ1v) is 8.47. The van der Waals surface area contributed by atoms with Gasteiger partial charge in [-0.3, -0.25) is 9.69 Å². The van der Waals surface area contributed by atoms with Crippen LogP contribution in [0, 0.1) is 5.92 Å². The largest absolute Gasteiger partial charge is 0.340 e. The van der Waals surface area contributed by atoms with Gasteiger partial charge in [-0.05, 0) is 47.8 Å². The van der Waals surface area contributed by atoms with E-state index in [4.69, 9.17) is 0 Å². The van der Waals surface area contributed by atoms with Crippen molar-refractivity contribution in [1.29, 1.82) is 0 Å². The molecule has 0 spiro atoms. The molecule has 0 aromatic carbocycles. The summed E-state index contributed by atoms with van der Waals surface area (Å²) in [5, 5.41) is 7.68. The monoisotopic (exact) mass is 293 g/mol. The first-order valence-electron chi connectivity index (χ1n) is 7.53. The van der Waals surface area contributed by atoms with Crippen LogP contribution >= 0.6 is 11.3 Å². The highest BCUT2D eigenvalue weighted by Gasteiger charge is 2.24. The van der Waals surface area contributed by atoms with Crippen LogP contribution in [0.2, 0.25) is 0 Å². The van der Waals surface area contributed by atoms with Crippen LogP contribution in [0.25, 0.3) is 0 Å². The third-order valence-electron chi connectivity index (χ3n) is 4.34. The van der Waals surface area contributed by atoms with Crippen LogP contribution in [0.1, 0.15) is 18.4 Å². The first kappa shape index (κ1) is 14.0. The van der Waals surface area contributed by atoms with Crippen molar-refractivity contribution < 1.29 is 4.79 Å². The number of hydrogen-bond acceptors (Lipinski definition) is 4. The third-order valence-corrected chi connectivity index (χ3v) is 5.07. The summed E-state index contributed by atoms with van der Waals surface area (Å²) in [5.74, 6) is 0.917. The molecule has 1 unspecified atom stereocenters. The van der Waals surface area contributed by atoms with Gasteiger partial charge in [-0.15, -0.1) is 0 Å². The number of nitrogens with zero attached hydrogens (tertiary/aromatic N) is 2. The molecule has 2 fully saturated rings. The number of amides is 1. The third kappa shape index (κ3) is 3.59. The van der Waals surface area contributed by atoms with Crippen LogP contribution in [0.5, 0.6) is 0 Å². The predicted molar refractivity (Wildman–Crippen MR) is 81.8 cm³/mol. The van der Waals surface area contributed by atoms with Crippen molar-refractivity contribution in [1.82, 2.24) is 15.1 Å². The van der Waals surface area contributed by atoms with E-state index in [0.717, 1.165) is 58.7 Å². The van der Waals surface area contributed by atoms with Crippen molar-refractivity contribution in [2.45, 2.75) is 19.4 Å². The summed E-state index contributed by atoms with van der Waals surface area (Å²) in [4.78, 5) is 16.8. The zero-order valence-electron chi connectivity index (χ0n) is 11.9. The van der Waals surface area contributed by atoms with E-state index in [9.17, 15) is 4.79 Å².